The van der Waals surface area contributed by atoms with E-state index in [0.717, 1.165) is 27.8 Å². The van der Waals surface area contributed by atoms with E-state index in [-0.39, 0.29) is 17.2 Å². The molecule has 4 nitrogen and oxygen atoms in total. The smallest absolute Gasteiger partial charge is 0.255 e. The van der Waals surface area contributed by atoms with Gasteiger partial charge in [-0.2, -0.15) is 0 Å². The highest BCUT2D eigenvalue weighted by molar-refractivity contribution is 9.10. The van der Waals surface area contributed by atoms with E-state index in [4.69, 9.17) is 0 Å². The van der Waals surface area contributed by atoms with Crippen molar-refractivity contribution < 1.29 is 9.59 Å². The largest absolute Gasteiger partial charge is 0.322 e. The van der Waals surface area contributed by atoms with Crippen molar-refractivity contribution in [2.24, 2.45) is 0 Å². The molecule has 1 heterocycles. The second-order valence-electron chi connectivity index (χ2n) is 7.03. The molecule has 0 bridgehead atoms. The summed E-state index contributed by atoms with van der Waals surface area (Å²) in [5, 5.41) is 2.85. The Morgan fingerprint density at radius 2 is 1.83 bits per heavy atom. The predicted octanol–water partition coefficient (Wildman–Crippen LogP) is 6.04. The lowest BCUT2D eigenvalue weighted by molar-refractivity contribution is -0.115. The Hall–Kier alpha value is -2.57. The van der Waals surface area contributed by atoms with Crippen LogP contribution in [0.5, 0.6) is 0 Å². The molecule has 3 aromatic carbocycles. The number of carbonyl (C=O) groups is 2. The van der Waals surface area contributed by atoms with Crippen molar-refractivity contribution in [1.29, 1.82) is 0 Å². The van der Waals surface area contributed by atoms with Crippen LogP contribution in [-0.4, -0.2) is 17.6 Å². The van der Waals surface area contributed by atoms with Gasteiger partial charge in [-0.15, -0.1) is 11.8 Å². The summed E-state index contributed by atoms with van der Waals surface area (Å²) in [7, 11) is 0. The minimum absolute atomic E-state index is 0.0687. The molecule has 1 N–H and O–H groups in total. The number of benzene rings is 3. The molecule has 3 aromatic rings. The quantitative estimate of drug-likeness (QED) is 0.483. The summed E-state index contributed by atoms with van der Waals surface area (Å²) in [6.45, 7) is 2.11. The van der Waals surface area contributed by atoms with E-state index in [2.05, 4.69) is 40.3 Å². The van der Waals surface area contributed by atoms with Gasteiger partial charge in [-0.05, 0) is 66.1 Å². The van der Waals surface area contributed by atoms with E-state index in [1.54, 1.807) is 23.9 Å². The Balaban J connectivity index is 1.51. The first-order valence-electron chi connectivity index (χ1n) is 9.74. The molecule has 1 aliphatic heterocycles. The van der Waals surface area contributed by atoms with E-state index >= 15 is 0 Å². The van der Waals surface area contributed by atoms with Crippen molar-refractivity contribution in [2.45, 2.75) is 18.7 Å². The number of amides is 2. The molecule has 0 unspecified atom stereocenters. The number of carbonyl (C=O) groups excluding carboxylic acids is 2. The lowest BCUT2D eigenvalue weighted by Crippen LogP contribution is -2.27. The Bertz CT molecular complexity index is 1070. The molecule has 1 saturated heterocycles. The molecule has 2 amide bonds. The van der Waals surface area contributed by atoms with Crippen LogP contribution in [0.3, 0.4) is 0 Å². The molecule has 1 atom stereocenters. The van der Waals surface area contributed by atoms with Crippen molar-refractivity contribution in [2.75, 3.05) is 16.0 Å². The standard InChI is InChI=1S/C24H21BrN2O2S/c1-2-16-4-3-5-21(14-16)27-22(28)15-30-24(27)18-8-12-20(13-9-18)26-23(29)17-6-10-19(25)11-7-17/h3-14,24H,2,15H2,1H3,(H,26,29)/t24-/m1/s1. The molecule has 4 rings (SSSR count). The summed E-state index contributed by atoms with van der Waals surface area (Å²) >= 11 is 5.00. The van der Waals surface area contributed by atoms with Crippen molar-refractivity contribution in [3.63, 3.8) is 0 Å². The van der Waals surface area contributed by atoms with Gasteiger partial charge in [-0.25, -0.2) is 0 Å². The first-order chi connectivity index (χ1) is 14.5. The number of rotatable bonds is 5. The van der Waals surface area contributed by atoms with E-state index in [1.165, 1.54) is 5.56 Å². The minimum atomic E-state index is -0.154. The fourth-order valence-corrected chi connectivity index (χ4v) is 4.85. The van der Waals surface area contributed by atoms with Gasteiger partial charge >= 0.3 is 0 Å². The molecular formula is C24H21BrN2O2S. The van der Waals surface area contributed by atoms with Gasteiger partial charge in [-0.1, -0.05) is 47.1 Å². The zero-order valence-electron chi connectivity index (χ0n) is 16.5. The predicted molar refractivity (Wildman–Crippen MR) is 127 cm³/mol. The number of thioether (sulfide) groups is 1. The highest BCUT2D eigenvalue weighted by Gasteiger charge is 2.34. The number of hydrogen-bond donors (Lipinski definition) is 1. The lowest BCUT2D eigenvalue weighted by atomic mass is 10.1. The third kappa shape index (κ3) is 4.45. The molecule has 6 heteroatoms. The third-order valence-electron chi connectivity index (χ3n) is 5.02. The Morgan fingerprint density at radius 3 is 2.53 bits per heavy atom. The molecule has 0 radical (unpaired) electrons. The third-order valence-corrected chi connectivity index (χ3v) is 6.77. The van der Waals surface area contributed by atoms with Crippen LogP contribution in [0, 0.1) is 0 Å². The monoisotopic (exact) mass is 480 g/mol. The summed E-state index contributed by atoms with van der Waals surface area (Å²) in [4.78, 5) is 26.9. The van der Waals surface area contributed by atoms with E-state index in [1.807, 2.05) is 53.4 Å². The van der Waals surface area contributed by atoms with Gasteiger partial charge in [-0.3, -0.25) is 14.5 Å². The van der Waals surface area contributed by atoms with Crippen LogP contribution < -0.4 is 10.2 Å². The van der Waals surface area contributed by atoms with Gasteiger partial charge in [0.1, 0.15) is 5.37 Å². The SMILES string of the molecule is CCc1cccc(N2C(=O)CS[C@@H]2c2ccc(NC(=O)c3ccc(Br)cc3)cc2)c1. The Kier molecular flexibility index (Phi) is 6.25. The fourth-order valence-electron chi connectivity index (χ4n) is 3.41. The Labute approximate surface area is 188 Å². The average Bonchev–Trinajstić information content (AvgIpc) is 3.16. The summed E-state index contributed by atoms with van der Waals surface area (Å²) < 4.78 is 0.932. The molecule has 0 aromatic heterocycles. The summed E-state index contributed by atoms with van der Waals surface area (Å²) in [5.74, 6) is 0.424. The van der Waals surface area contributed by atoms with Crippen LogP contribution in [0.25, 0.3) is 0 Å². The fraction of sp³-hybridized carbons (Fsp3) is 0.167. The first-order valence-corrected chi connectivity index (χ1v) is 11.6. The van der Waals surface area contributed by atoms with Crippen molar-refractivity contribution in [3.05, 3.63) is 94.0 Å². The van der Waals surface area contributed by atoms with Crippen LogP contribution in [-0.2, 0) is 11.2 Å². The van der Waals surface area contributed by atoms with Crippen LogP contribution in [0.2, 0.25) is 0 Å². The maximum absolute atomic E-state index is 12.6. The summed E-state index contributed by atoms with van der Waals surface area (Å²) in [5.41, 5.74) is 4.50. The van der Waals surface area contributed by atoms with Crippen LogP contribution in [0.1, 0.15) is 33.8 Å². The molecule has 1 aliphatic rings. The minimum Gasteiger partial charge on any atom is -0.322 e. The van der Waals surface area contributed by atoms with Crippen molar-refractivity contribution in [1.82, 2.24) is 0 Å². The second-order valence-corrected chi connectivity index (χ2v) is 9.02. The van der Waals surface area contributed by atoms with E-state index < -0.39 is 0 Å². The van der Waals surface area contributed by atoms with Crippen molar-refractivity contribution in [3.8, 4) is 0 Å². The highest BCUT2D eigenvalue weighted by atomic mass is 79.9. The summed E-state index contributed by atoms with van der Waals surface area (Å²) in [6, 6.07) is 23.1. The maximum atomic E-state index is 12.6. The lowest BCUT2D eigenvalue weighted by Gasteiger charge is -2.25. The molecule has 30 heavy (non-hydrogen) atoms. The molecule has 0 saturated carbocycles. The second kappa shape index (κ2) is 9.06. The molecule has 0 aliphatic carbocycles. The first kappa shape index (κ1) is 20.7. The zero-order chi connectivity index (χ0) is 21.1. The topological polar surface area (TPSA) is 49.4 Å². The normalized spacial score (nSPS) is 16.0. The Morgan fingerprint density at radius 1 is 1.10 bits per heavy atom. The van der Waals surface area contributed by atoms with Crippen LogP contribution >= 0.6 is 27.7 Å². The highest BCUT2D eigenvalue weighted by Crippen LogP contribution is 2.42. The van der Waals surface area contributed by atoms with Gasteiger partial charge < -0.3 is 5.32 Å². The number of hydrogen-bond acceptors (Lipinski definition) is 3. The number of nitrogens with one attached hydrogen (secondary N) is 1. The van der Waals surface area contributed by atoms with Crippen LogP contribution in [0.4, 0.5) is 11.4 Å². The molecule has 152 valence electrons. The maximum Gasteiger partial charge on any atom is 0.255 e. The molecule has 1 fully saturated rings. The zero-order valence-corrected chi connectivity index (χ0v) is 18.9. The number of anilines is 2. The number of nitrogens with zero attached hydrogens (tertiary/aromatic N) is 1. The number of halogens is 1. The molecular weight excluding hydrogens is 460 g/mol. The number of aryl methyl sites for hydroxylation is 1. The van der Waals surface area contributed by atoms with Gasteiger partial charge in [0.15, 0.2) is 0 Å². The van der Waals surface area contributed by atoms with Gasteiger partial charge in [0.2, 0.25) is 5.91 Å². The van der Waals surface area contributed by atoms with Gasteiger partial charge in [0.25, 0.3) is 5.91 Å². The van der Waals surface area contributed by atoms with Crippen LogP contribution in [0.15, 0.2) is 77.3 Å². The van der Waals surface area contributed by atoms with Crippen molar-refractivity contribution >= 4 is 50.9 Å². The molecule has 0 spiro atoms. The van der Waals surface area contributed by atoms with Gasteiger partial charge in [0, 0.05) is 21.4 Å². The van der Waals surface area contributed by atoms with E-state index in [0.29, 0.717) is 11.3 Å². The van der Waals surface area contributed by atoms with E-state index in [9.17, 15) is 9.59 Å². The summed E-state index contributed by atoms with van der Waals surface area (Å²) in [6.07, 6.45) is 0.931. The average molecular weight is 481 g/mol. The van der Waals surface area contributed by atoms with Gasteiger partial charge in [0.05, 0.1) is 5.75 Å².